The van der Waals surface area contributed by atoms with Crippen LogP contribution in [0.25, 0.3) is 34.0 Å². The molecule has 0 atom stereocenters. The van der Waals surface area contributed by atoms with Gasteiger partial charge in [0.2, 0.25) is 5.56 Å². The van der Waals surface area contributed by atoms with Gasteiger partial charge in [0.25, 0.3) is 0 Å². The molecule has 0 saturated heterocycles. The normalized spacial score (nSPS) is 13.8. The van der Waals surface area contributed by atoms with Gasteiger partial charge in [-0.05, 0) is 45.2 Å². The van der Waals surface area contributed by atoms with Gasteiger partial charge in [0, 0.05) is 53.0 Å². The van der Waals surface area contributed by atoms with Crippen molar-refractivity contribution in [2.24, 2.45) is 0 Å². The topological polar surface area (TPSA) is 137 Å². The van der Waals surface area contributed by atoms with Gasteiger partial charge >= 0.3 is 6.09 Å². The summed E-state index contributed by atoms with van der Waals surface area (Å²) in [6.45, 7) is 12.1. The first-order valence-electron chi connectivity index (χ1n) is 13.8. The lowest BCUT2D eigenvalue weighted by Crippen LogP contribution is -2.46. The number of aromatic nitrogens is 4. The van der Waals surface area contributed by atoms with Crippen molar-refractivity contribution in [2.45, 2.75) is 77.9 Å². The predicted molar refractivity (Wildman–Crippen MR) is 158 cm³/mol. The highest BCUT2D eigenvalue weighted by atomic mass is 16.5. The van der Waals surface area contributed by atoms with Crippen LogP contribution in [-0.2, 0) is 12.0 Å². The van der Waals surface area contributed by atoms with Gasteiger partial charge in [-0.15, -0.1) is 0 Å². The second-order valence-electron chi connectivity index (χ2n) is 12.5. The van der Waals surface area contributed by atoms with Gasteiger partial charge in [-0.3, -0.25) is 9.69 Å². The standard InChI is InChI=1S/C31H36N6O4/c1-30(2,3)27-25(20-11-14-24(38)33-17-20)34-26(28(35-27)37(29(39)40)31(4,5)6)23-15-22(36-41-23)19-9-7-18(8-10-19)16-32-21-12-13-21/h7-11,14-15,17,21,32H,12-13,16H2,1-6H3,(H,33,38)(H,39,40). The minimum Gasteiger partial charge on any atom is -0.465 e. The van der Waals surface area contributed by atoms with E-state index in [0.717, 1.165) is 12.1 Å². The summed E-state index contributed by atoms with van der Waals surface area (Å²) in [4.78, 5) is 38.2. The average Bonchev–Trinajstić information content (AvgIpc) is 3.60. The molecule has 0 unspecified atom stereocenters. The van der Waals surface area contributed by atoms with Crippen LogP contribution in [0.4, 0.5) is 10.6 Å². The van der Waals surface area contributed by atoms with Crippen LogP contribution in [0.15, 0.2) is 58.0 Å². The third-order valence-corrected chi connectivity index (χ3v) is 6.88. The molecule has 0 spiro atoms. The van der Waals surface area contributed by atoms with Gasteiger partial charge in [0.15, 0.2) is 17.3 Å². The van der Waals surface area contributed by atoms with Crippen molar-refractivity contribution in [2.75, 3.05) is 4.90 Å². The van der Waals surface area contributed by atoms with Crippen LogP contribution in [0.2, 0.25) is 0 Å². The number of anilines is 1. The summed E-state index contributed by atoms with van der Waals surface area (Å²) >= 11 is 0. The molecule has 10 heteroatoms. The number of hydrogen-bond donors (Lipinski definition) is 3. The van der Waals surface area contributed by atoms with E-state index >= 15 is 0 Å². The van der Waals surface area contributed by atoms with Crippen molar-refractivity contribution >= 4 is 11.9 Å². The van der Waals surface area contributed by atoms with Gasteiger partial charge in [0.1, 0.15) is 5.69 Å². The Balaban J connectivity index is 1.64. The maximum atomic E-state index is 12.6. The number of hydrogen-bond acceptors (Lipinski definition) is 7. The minimum atomic E-state index is -1.17. The summed E-state index contributed by atoms with van der Waals surface area (Å²) in [6, 6.07) is 13.6. The van der Waals surface area contributed by atoms with Crippen molar-refractivity contribution in [3.63, 3.8) is 0 Å². The molecule has 0 aliphatic heterocycles. The molecule has 0 radical (unpaired) electrons. The van der Waals surface area contributed by atoms with Gasteiger partial charge < -0.3 is 19.9 Å². The molecule has 1 aliphatic carbocycles. The molecule has 1 saturated carbocycles. The van der Waals surface area contributed by atoms with Crippen molar-refractivity contribution < 1.29 is 14.4 Å². The molecular weight excluding hydrogens is 520 g/mol. The predicted octanol–water partition coefficient (Wildman–Crippen LogP) is 5.99. The largest absolute Gasteiger partial charge is 0.465 e. The van der Waals surface area contributed by atoms with Gasteiger partial charge in [-0.1, -0.05) is 50.2 Å². The van der Waals surface area contributed by atoms with Gasteiger partial charge in [-0.2, -0.15) is 0 Å². The molecule has 5 rings (SSSR count). The average molecular weight is 557 g/mol. The lowest BCUT2D eigenvalue weighted by atomic mass is 9.88. The fourth-order valence-electron chi connectivity index (χ4n) is 4.59. The smallest absolute Gasteiger partial charge is 0.413 e. The molecule has 10 nitrogen and oxygen atoms in total. The molecule has 1 fully saturated rings. The van der Waals surface area contributed by atoms with Crippen molar-refractivity contribution in [1.82, 2.24) is 25.4 Å². The zero-order valence-corrected chi connectivity index (χ0v) is 24.3. The lowest BCUT2D eigenvalue weighted by Gasteiger charge is -2.34. The van der Waals surface area contributed by atoms with E-state index in [0.29, 0.717) is 28.7 Å². The molecule has 3 heterocycles. The lowest BCUT2D eigenvalue weighted by molar-refractivity contribution is 0.195. The van der Waals surface area contributed by atoms with Crippen LogP contribution in [0, 0.1) is 0 Å². The summed E-state index contributed by atoms with van der Waals surface area (Å²) in [5.41, 5.74) is 3.03. The molecule has 1 aliphatic rings. The Morgan fingerprint density at radius 3 is 2.27 bits per heavy atom. The summed E-state index contributed by atoms with van der Waals surface area (Å²) in [5, 5.41) is 18.1. The van der Waals surface area contributed by atoms with Crippen LogP contribution in [-0.4, -0.2) is 42.9 Å². The van der Waals surface area contributed by atoms with E-state index in [-0.39, 0.29) is 22.8 Å². The first kappa shape index (κ1) is 28.2. The quantitative estimate of drug-likeness (QED) is 0.253. The molecule has 3 N–H and O–H groups in total. The van der Waals surface area contributed by atoms with Crippen molar-refractivity contribution in [1.29, 1.82) is 0 Å². The SMILES string of the molecule is CC(C)(C)c1nc(N(C(=O)O)C(C)(C)C)c(-c2cc(-c3ccc(CNC4CC4)cc3)no2)nc1-c1ccc(=O)[nH]c1. The fourth-order valence-corrected chi connectivity index (χ4v) is 4.59. The Labute approximate surface area is 238 Å². The maximum absolute atomic E-state index is 12.6. The molecule has 3 aromatic heterocycles. The number of H-pyrrole nitrogens is 1. The second-order valence-corrected chi connectivity index (χ2v) is 12.5. The monoisotopic (exact) mass is 556 g/mol. The molecule has 1 amide bonds. The van der Waals surface area contributed by atoms with E-state index in [2.05, 4.69) is 27.6 Å². The van der Waals surface area contributed by atoms with E-state index in [9.17, 15) is 14.7 Å². The fraction of sp³-hybridized carbons (Fsp3) is 0.387. The highest BCUT2D eigenvalue weighted by Gasteiger charge is 2.36. The molecule has 1 aromatic carbocycles. The minimum absolute atomic E-state index is 0.146. The molecular formula is C31H36N6O4. The first-order valence-corrected chi connectivity index (χ1v) is 13.8. The van der Waals surface area contributed by atoms with E-state index in [1.54, 1.807) is 39.1 Å². The van der Waals surface area contributed by atoms with Crippen molar-refractivity contribution in [3.8, 4) is 34.0 Å². The number of rotatable bonds is 7. The Bertz CT molecular complexity index is 1600. The van der Waals surface area contributed by atoms with Gasteiger partial charge in [0.05, 0.1) is 11.4 Å². The third kappa shape index (κ3) is 6.22. The van der Waals surface area contributed by atoms with Crippen LogP contribution >= 0.6 is 0 Å². The molecule has 41 heavy (non-hydrogen) atoms. The zero-order valence-electron chi connectivity index (χ0n) is 24.3. The summed E-state index contributed by atoms with van der Waals surface area (Å²) in [5.74, 6) is 0.427. The summed E-state index contributed by atoms with van der Waals surface area (Å²) in [7, 11) is 0. The zero-order chi connectivity index (χ0) is 29.5. The Morgan fingerprint density at radius 1 is 1.02 bits per heavy atom. The Hall–Kier alpha value is -4.31. The molecule has 214 valence electrons. The van der Waals surface area contributed by atoms with E-state index in [1.165, 1.54) is 29.4 Å². The highest BCUT2D eigenvalue weighted by molar-refractivity contribution is 5.91. The summed E-state index contributed by atoms with van der Waals surface area (Å²) in [6.07, 6.45) is 2.88. The Kier molecular flexibility index (Phi) is 7.29. The number of carboxylic acid groups (broad SMARTS) is 1. The highest BCUT2D eigenvalue weighted by Crippen LogP contribution is 2.39. The number of amides is 1. The van der Waals surface area contributed by atoms with E-state index < -0.39 is 17.0 Å². The van der Waals surface area contributed by atoms with Crippen molar-refractivity contribution in [3.05, 3.63) is 70.3 Å². The van der Waals surface area contributed by atoms with E-state index in [1.807, 2.05) is 32.9 Å². The Morgan fingerprint density at radius 2 is 1.71 bits per heavy atom. The van der Waals surface area contributed by atoms with E-state index in [4.69, 9.17) is 14.5 Å². The molecule has 0 bridgehead atoms. The maximum Gasteiger partial charge on any atom is 0.413 e. The second kappa shape index (κ2) is 10.6. The van der Waals surface area contributed by atoms with Crippen LogP contribution in [0.5, 0.6) is 0 Å². The molecule has 4 aromatic rings. The number of benzene rings is 1. The number of pyridine rings is 1. The first-order chi connectivity index (χ1) is 19.3. The number of nitrogens with one attached hydrogen (secondary N) is 2. The van der Waals surface area contributed by atoms with Gasteiger partial charge in [-0.25, -0.2) is 14.8 Å². The van der Waals surface area contributed by atoms with Crippen LogP contribution in [0.1, 0.15) is 65.6 Å². The summed E-state index contributed by atoms with van der Waals surface area (Å²) < 4.78 is 5.80. The van der Waals surface area contributed by atoms with Crippen LogP contribution in [0.3, 0.4) is 0 Å². The third-order valence-electron chi connectivity index (χ3n) is 6.88. The van der Waals surface area contributed by atoms with Crippen LogP contribution < -0.4 is 15.8 Å². The number of carbonyl (C=O) groups is 1. The number of aromatic amines is 1. The number of nitrogens with zero attached hydrogens (tertiary/aromatic N) is 4.